The van der Waals surface area contributed by atoms with Crippen molar-refractivity contribution in [2.24, 2.45) is 0 Å². The number of nitrogens with zero attached hydrogens (tertiary/aromatic N) is 4. The van der Waals surface area contributed by atoms with Gasteiger partial charge in [-0.2, -0.15) is 4.98 Å². The van der Waals surface area contributed by atoms with Crippen molar-refractivity contribution in [2.45, 2.75) is 6.92 Å². The van der Waals surface area contributed by atoms with Gasteiger partial charge in [-0.25, -0.2) is 0 Å². The molecule has 90 valence electrons. The van der Waals surface area contributed by atoms with Crippen LogP contribution in [0, 0.1) is 6.92 Å². The molecule has 1 saturated heterocycles. The molecular weight excluding hydrogens is 220 g/mol. The van der Waals surface area contributed by atoms with Gasteiger partial charge in [-0.3, -0.25) is 5.10 Å². The highest BCUT2D eigenvalue weighted by atomic mass is 16.5. The van der Waals surface area contributed by atoms with Gasteiger partial charge < -0.3 is 14.7 Å². The molecule has 0 aromatic carbocycles. The summed E-state index contributed by atoms with van der Waals surface area (Å²) in [6.45, 7) is 5.63. The smallest absolute Gasteiger partial charge is 0.245 e. The molecule has 7 nitrogen and oxygen atoms in total. The molecular formula is C10H14N6O. The lowest BCUT2D eigenvalue weighted by molar-refractivity contribution is 0.399. The van der Waals surface area contributed by atoms with E-state index in [4.69, 9.17) is 4.52 Å². The minimum absolute atomic E-state index is 0.649. The molecule has 0 amide bonds. The zero-order chi connectivity index (χ0) is 11.7. The van der Waals surface area contributed by atoms with E-state index in [-0.39, 0.29) is 0 Å². The van der Waals surface area contributed by atoms with E-state index in [1.165, 1.54) is 0 Å². The topological polar surface area (TPSA) is 82.9 Å². The summed E-state index contributed by atoms with van der Waals surface area (Å²) in [5, 5.41) is 14.3. The monoisotopic (exact) mass is 234 g/mol. The normalized spacial score (nSPS) is 16.4. The van der Waals surface area contributed by atoms with Crippen molar-refractivity contribution < 1.29 is 4.52 Å². The minimum Gasteiger partial charge on any atom is -0.361 e. The Hall–Kier alpha value is -1.89. The Labute approximate surface area is 98.2 Å². The molecule has 7 heteroatoms. The molecule has 1 aliphatic heterocycles. The van der Waals surface area contributed by atoms with Crippen molar-refractivity contribution in [1.82, 2.24) is 25.7 Å². The summed E-state index contributed by atoms with van der Waals surface area (Å²) < 4.78 is 5.01. The van der Waals surface area contributed by atoms with Crippen molar-refractivity contribution >= 4 is 5.95 Å². The molecule has 2 N–H and O–H groups in total. The molecule has 2 aromatic rings. The number of rotatable bonds is 2. The second kappa shape index (κ2) is 4.17. The molecule has 2 aromatic heterocycles. The second-order valence-electron chi connectivity index (χ2n) is 4.04. The largest absolute Gasteiger partial charge is 0.361 e. The van der Waals surface area contributed by atoms with E-state index in [1.807, 2.05) is 13.0 Å². The highest BCUT2D eigenvalue weighted by molar-refractivity contribution is 5.50. The zero-order valence-corrected chi connectivity index (χ0v) is 9.60. The van der Waals surface area contributed by atoms with Crippen LogP contribution in [0.3, 0.4) is 0 Å². The number of nitrogens with one attached hydrogen (secondary N) is 2. The van der Waals surface area contributed by atoms with Crippen LogP contribution in [0.25, 0.3) is 11.5 Å². The summed E-state index contributed by atoms with van der Waals surface area (Å²) in [5.41, 5.74) is 0.691. The van der Waals surface area contributed by atoms with Crippen molar-refractivity contribution in [3.05, 3.63) is 11.8 Å². The molecule has 3 heterocycles. The number of piperazine rings is 1. The average Bonchev–Trinajstić information content (AvgIpc) is 2.98. The van der Waals surface area contributed by atoms with Crippen LogP contribution >= 0.6 is 0 Å². The van der Waals surface area contributed by atoms with Crippen LogP contribution in [0.4, 0.5) is 5.95 Å². The minimum atomic E-state index is 0.649. The Morgan fingerprint density at radius 2 is 2.18 bits per heavy atom. The number of hydrogen-bond donors (Lipinski definition) is 2. The molecule has 1 aliphatic rings. The van der Waals surface area contributed by atoms with E-state index in [0.29, 0.717) is 11.5 Å². The maximum atomic E-state index is 5.01. The van der Waals surface area contributed by atoms with Gasteiger partial charge in [0.05, 0.1) is 0 Å². The lowest BCUT2D eigenvalue weighted by atomic mass is 10.3. The molecule has 3 rings (SSSR count). The lowest BCUT2D eigenvalue weighted by Gasteiger charge is -2.25. The van der Waals surface area contributed by atoms with E-state index >= 15 is 0 Å². The highest BCUT2D eigenvalue weighted by Gasteiger charge is 2.16. The van der Waals surface area contributed by atoms with E-state index in [1.54, 1.807) is 0 Å². The van der Waals surface area contributed by atoms with Crippen molar-refractivity contribution in [3.8, 4) is 11.5 Å². The molecule has 0 radical (unpaired) electrons. The summed E-state index contributed by atoms with van der Waals surface area (Å²) in [5.74, 6) is 2.14. The number of aromatic nitrogens is 4. The zero-order valence-electron chi connectivity index (χ0n) is 9.60. The van der Waals surface area contributed by atoms with Gasteiger partial charge in [-0.05, 0) is 6.92 Å². The van der Waals surface area contributed by atoms with Gasteiger partial charge in [0.15, 0.2) is 11.5 Å². The third-order valence-electron chi connectivity index (χ3n) is 2.74. The molecule has 0 atom stereocenters. The van der Waals surface area contributed by atoms with E-state index < -0.39 is 0 Å². The number of anilines is 1. The molecule has 0 aliphatic carbocycles. The quantitative estimate of drug-likeness (QED) is 0.771. The fourth-order valence-electron chi connectivity index (χ4n) is 1.85. The number of hydrogen-bond acceptors (Lipinski definition) is 6. The van der Waals surface area contributed by atoms with Gasteiger partial charge in [-0.15, -0.1) is 5.10 Å². The first-order valence-electron chi connectivity index (χ1n) is 5.65. The lowest BCUT2D eigenvalue weighted by Crippen LogP contribution is -2.44. The van der Waals surface area contributed by atoms with Gasteiger partial charge in [0.25, 0.3) is 0 Å². The van der Waals surface area contributed by atoms with E-state index in [2.05, 4.69) is 30.6 Å². The van der Waals surface area contributed by atoms with Crippen LogP contribution in [-0.2, 0) is 0 Å². The van der Waals surface area contributed by atoms with Gasteiger partial charge in [0, 0.05) is 32.2 Å². The predicted octanol–water partition coefficient (Wildman–Crippen LogP) is 0.178. The standard InChI is InChI=1S/C10H14N6O/c1-7-6-8(15-17-7)9-12-10(14-13-9)16-4-2-11-3-5-16/h6,11H,2-5H2,1H3,(H,12,13,14). The van der Waals surface area contributed by atoms with Crippen molar-refractivity contribution in [2.75, 3.05) is 31.1 Å². The van der Waals surface area contributed by atoms with Crippen LogP contribution in [0.2, 0.25) is 0 Å². The van der Waals surface area contributed by atoms with E-state index in [0.717, 1.165) is 37.9 Å². The molecule has 0 saturated carbocycles. The first kappa shape index (κ1) is 10.3. The summed E-state index contributed by atoms with van der Waals surface area (Å²) in [4.78, 5) is 6.57. The Kier molecular flexibility index (Phi) is 2.52. The molecule has 1 fully saturated rings. The number of aromatic amines is 1. The Morgan fingerprint density at radius 1 is 1.35 bits per heavy atom. The van der Waals surface area contributed by atoms with E-state index in [9.17, 15) is 0 Å². The van der Waals surface area contributed by atoms with Gasteiger partial charge >= 0.3 is 0 Å². The van der Waals surface area contributed by atoms with Crippen LogP contribution in [0.15, 0.2) is 10.6 Å². The first-order valence-corrected chi connectivity index (χ1v) is 5.65. The third kappa shape index (κ3) is 2.01. The molecule has 0 bridgehead atoms. The maximum Gasteiger partial charge on any atom is 0.245 e. The molecule has 0 unspecified atom stereocenters. The van der Waals surface area contributed by atoms with Gasteiger partial charge in [0.2, 0.25) is 5.95 Å². The fraction of sp³-hybridized carbons (Fsp3) is 0.500. The Bertz CT molecular complexity index is 498. The van der Waals surface area contributed by atoms with Crippen LogP contribution in [-0.4, -0.2) is 46.5 Å². The first-order chi connectivity index (χ1) is 8.33. The fourth-order valence-corrected chi connectivity index (χ4v) is 1.85. The Morgan fingerprint density at radius 3 is 2.88 bits per heavy atom. The SMILES string of the molecule is Cc1cc(-c2nc(N3CCNCC3)n[nH]2)no1. The summed E-state index contributed by atoms with van der Waals surface area (Å²) in [6, 6.07) is 1.84. The molecule has 0 spiro atoms. The van der Waals surface area contributed by atoms with Gasteiger partial charge in [0.1, 0.15) is 5.76 Å². The third-order valence-corrected chi connectivity index (χ3v) is 2.74. The van der Waals surface area contributed by atoms with Crippen molar-refractivity contribution in [3.63, 3.8) is 0 Å². The van der Waals surface area contributed by atoms with Gasteiger partial charge in [-0.1, -0.05) is 5.16 Å². The predicted molar refractivity (Wildman–Crippen MR) is 61.7 cm³/mol. The van der Waals surface area contributed by atoms with Crippen LogP contribution in [0.5, 0.6) is 0 Å². The maximum absolute atomic E-state index is 5.01. The number of H-pyrrole nitrogens is 1. The van der Waals surface area contributed by atoms with Crippen LogP contribution < -0.4 is 10.2 Å². The Balaban J connectivity index is 1.82. The average molecular weight is 234 g/mol. The second-order valence-corrected chi connectivity index (χ2v) is 4.04. The number of aryl methyl sites for hydroxylation is 1. The van der Waals surface area contributed by atoms with Crippen molar-refractivity contribution in [1.29, 1.82) is 0 Å². The van der Waals surface area contributed by atoms with Crippen LogP contribution in [0.1, 0.15) is 5.76 Å². The molecule has 17 heavy (non-hydrogen) atoms. The highest BCUT2D eigenvalue weighted by Crippen LogP contribution is 2.17. The summed E-state index contributed by atoms with van der Waals surface area (Å²) in [7, 11) is 0. The summed E-state index contributed by atoms with van der Waals surface area (Å²) in [6.07, 6.45) is 0. The summed E-state index contributed by atoms with van der Waals surface area (Å²) >= 11 is 0.